The molecule has 2 heterocycles. The number of hydrogen-bond acceptors (Lipinski definition) is 4. The van der Waals surface area contributed by atoms with Gasteiger partial charge in [0.25, 0.3) is 5.56 Å². The molecule has 0 aliphatic heterocycles. The Balaban J connectivity index is 1.29. The number of amides is 1. The summed E-state index contributed by atoms with van der Waals surface area (Å²) in [5.41, 5.74) is 4.56. The molecule has 0 saturated heterocycles. The first-order chi connectivity index (χ1) is 17.5. The molecule has 36 heavy (non-hydrogen) atoms. The van der Waals surface area contributed by atoms with Gasteiger partial charge in [-0.05, 0) is 37.1 Å². The molecule has 7 nitrogen and oxygen atoms in total. The van der Waals surface area contributed by atoms with E-state index >= 15 is 0 Å². The van der Waals surface area contributed by atoms with Crippen LogP contribution in [0, 0.1) is 6.92 Å². The molecule has 0 atom stereocenters. The largest absolute Gasteiger partial charge is 0.311 e. The van der Waals surface area contributed by atoms with E-state index in [-0.39, 0.29) is 11.5 Å². The molecular weight excluding hydrogens is 450 g/mol. The summed E-state index contributed by atoms with van der Waals surface area (Å²) in [5.74, 6) is 1.13. The number of carbonyl (C=O) groups is 1. The number of carbonyl (C=O) groups excluding carboxylic acids is 1. The van der Waals surface area contributed by atoms with Gasteiger partial charge in [0.2, 0.25) is 5.91 Å². The number of aromatic nitrogens is 4. The Kier molecular flexibility index (Phi) is 6.71. The van der Waals surface area contributed by atoms with E-state index in [2.05, 4.69) is 21.4 Å². The Hall–Kier alpha value is -4.52. The van der Waals surface area contributed by atoms with E-state index < -0.39 is 0 Å². The normalized spacial score (nSPS) is 11.0. The quantitative estimate of drug-likeness (QED) is 0.325. The van der Waals surface area contributed by atoms with Gasteiger partial charge in [0.1, 0.15) is 11.6 Å². The predicted molar refractivity (Wildman–Crippen MR) is 142 cm³/mol. The molecular formula is C29H27N5O2. The van der Waals surface area contributed by atoms with Crippen molar-refractivity contribution in [1.82, 2.24) is 19.7 Å². The third-order valence-electron chi connectivity index (χ3n) is 6.02. The zero-order chi connectivity index (χ0) is 24.9. The second kappa shape index (κ2) is 10.4. The highest BCUT2D eigenvalue weighted by Crippen LogP contribution is 2.24. The van der Waals surface area contributed by atoms with Crippen molar-refractivity contribution in [1.29, 1.82) is 0 Å². The Bertz CT molecular complexity index is 1570. The molecule has 5 aromatic rings. The molecule has 2 aromatic heterocycles. The SMILES string of the molecule is Cc1cccc(-c2cc(NC(=O)CCCc3nc4ccccc4c(=O)[nH]3)n(Cc3ccccc3)n2)c1. The second-order valence-electron chi connectivity index (χ2n) is 8.86. The Morgan fingerprint density at radius 1 is 0.972 bits per heavy atom. The minimum Gasteiger partial charge on any atom is -0.311 e. The van der Waals surface area contributed by atoms with Crippen molar-refractivity contribution in [2.75, 3.05) is 5.32 Å². The van der Waals surface area contributed by atoms with Crippen LogP contribution in [-0.4, -0.2) is 25.7 Å². The lowest BCUT2D eigenvalue weighted by atomic mass is 10.1. The van der Waals surface area contributed by atoms with Gasteiger partial charge in [-0.1, -0.05) is 66.2 Å². The summed E-state index contributed by atoms with van der Waals surface area (Å²) in [6.45, 7) is 2.59. The number of benzene rings is 3. The van der Waals surface area contributed by atoms with Crippen LogP contribution in [0.1, 0.15) is 29.8 Å². The summed E-state index contributed by atoms with van der Waals surface area (Å²) in [5, 5.41) is 8.39. The van der Waals surface area contributed by atoms with Crippen LogP contribution < -0.4 is 10.9 Å². The van der Waals surface area contributed by atoms with E-state index in [0.717, 1.165) is 22.4 Å². The van der Waals surface area contributed by atoms with Crippen molar-refractivity contribution in [3.8, 4) is 11.3 Å². The van der Waals surface area contributed by atoms with Gasteiger partial charge < -0.3 is 10.3 Å². The third kappa shape index (κ3) is 5.41. The first-order valence-corrected chi connectivity index (χ1v) is 12.0. The number of fused-ring (bicyclic) bond motifs is 1. The van der Waals surface area contributed by atoms with E-state index in [1.807, 2.05) is 84.4 Å². The van der Waals surface area contributed by atoms with Crippen molar-refractivity contribution in [3.05, 3.63) is 112 Å². The lowest BCUT2D eigenvalue weighted by molar-refractivity contribution is -0.116. The van der Waals surface area contributed by atoms with Crippen LogP contribution in [0.25, 0.3) is 22.2 Å². The number of anilines is 1. The molecule has 1 amide bonds. The molecule has 0 fully saturated rings. The van der Waals surface area contributed by atoms with Gasteiger partial charge in [0, 0.05) is 24.5 Å². The van der Waals surface area contributed by atoms with Crippen molar-refractivity contribution in [2.45, 2.75) is 32.7 Å². The van der Waals surface area contributed by atoms with Crippen LogP contribution >= 0.6 is 0 Å². The summed E-state index contributed by atoms with van der Waals surface area (Å²) < 4.78 is 1.83. The van der Waals surface area contributed by atoms with Crippen LogP contribution in [0.3, 0.4) is 0 Å². The first-order valence-electron chi connectivity index (χ1n) is 12.0. The van der Waals surface area contributed by atoms with Gasteiger partial charge in [-0.2, -0.15) is 5.10 Å². The van der Waals surface area contributed by atoms with E-state index in [1.54, 1.807) is 6.07 Å². The highest BCUT2D eigenvalue weighted by atomic mass is 16.1. The molecule has 0 spiro atoms. The molecule has 180 valence electrons. The third-order valence-corrected chi connectivity index (χ3v) is 6.02. The Labute approximate surface area is 208 Å². The van der Waals surface area contributed by atoms with Crippen molar-refractivity contribution in [2.24, 2.45) is 0 Å². The molecule has 2 N–H and O–H groups in total. The minimum absolute atomic E-state index is 0.108. The standard InChI is InChI=1S/C29H27N5O2/c1-20-9-7-12-22(17-20)25-18-27(34(33-25)19-21-10-3-2-4-11-21)32-28(35)16-8-15-26-30-24-14-6-5-13-23(24)29(36)31-26/h2-7,9-14,17-18H,8,15-16,19H2,1H3,(H,32,35)(H,30,31,36). The summed E-state index contributed by atoms with van der Waals surface area (Å²) in [7, 11) is 0. The second-order valence-corrected chi connectivity index (χ2v) is 8.86. The molecule has 0 saturated carbocycles. The van der Waals surface area contributed by atoms with E-state index in [9.17, 15) is 9.59 Å². The molecule has 0 radical (unpaired) electrons. The number of aryl methyl sites for hydroxylation is 2. The maximum absolute atomic E-state index is 12.8. The van der Waals surface area contributed by atoms with Crippen LogP contribution in [0.15, 0.2) is 89.7 Å². The zero-order valence-corrected chi connectivity index (χ0v) is 20.1. The lowest BCUT2D eigenvalue weighted by Crippen LogP contribution is -2.17. The van der Waals surface area contributed by atoms with Gasteiger partial charge in [0.05, 0.1) is 23.1 Å². The average Bonchev–Trinajstić information content (AvgIpc) is 3.26. The number of nitrogens with one attached hydrogen (secondary N) is 2. The van der Waals surface area contributed by atoms with Gasteiger partial charge in [-0.25, -0.2) is 9.67 Å². The predicted octanol–water partition coefficient (Wildman–Crippen LogP) is 5.10. The monoisotopic (exact) mass is 477 g/mol. The topological polar surface area (TPSA) is 92.7 Å². The number of para-hydroxylation sites is 1. The van der Waals surface area contributed by atoms with Crippen LogP contribution in [0.2, 0.25) is 0 Å². The number of hydrogen-bond donors (Lipinski definition) is 2. The molecule has 5 rings (SSSR count). The summed E-state index contributed by atoms with van der Waals surface area (Å²) in [6, 6.07) is 27.3. The van der Waals surface area contributed by atoms with Gasteiger partial charge >= 0.3 is 0 Å². The van der Waals surface area contributed by atoms with Crippen LogP contribution in [0.5, 0.6) is 0 Å². The zero-order valence-electron chi connectivity index (χ0n) is 20.1. The molecule has 7 heteroatoms. The van der Waals surface area contributed by atoms with E-state index in [1.165, 1.54) is 0 Å². The average molecular weight is 478 g/mol. The summed E-state index contributed by atoms with van der Waals surface area (Å²) in [6.07, 6.45) is 1.36. The van der Waals surface area contributed by atoms with Gasteiger partial charge in [0.15, 0.2) is 0 Å². The van der Waals surface area contributed by atoms with Gasteiger partial charge in [-0.3, -0.25) is 9.59 Å². The highest BCUT2D eigenvalue weighted by molar-refractivity contribution is 5.90. The highest BCUT2D eigenvalue weighted by Gasteiger charge is 2.14. The molecule has 0 aliphatic rings. The number of aromatic amines is 1. The summed E-state index contributed by atoms with van der Waals surface area (Å²) in [4.78, 5) is 32.5. The fourth-order valence-electron chi connectivity index (χ4n) is 4.21. The van der Waals surface area contributed by atoms with Gasteiger partial charge in [-0.15, -0.1) is 0 Å². The van der Waals surface area contributed by atoms with Crippen molar-refractivity contribution < 1.29 is 4.79 Å². The van der Waals surface area contributed by atoms with Crippen LogP contribution in [-0.2, 0) is 17.8 Å². The molecule has 0 aliphatic carbocycles. The van der Waals surface area contributed by atoms with Crippen molar-refractivity contribution in [3.63, 3.8) is 0 Å². The number of rotatable bonds is 8. The van der Waals surface area contributed by atoms with Crippen LogP contribution in [0.4, 0.5) is 5.82 Å². The smallest absolute Gasteiger partial charge is 0.258 e. The fourth-order valence-corrected chi connectivity index (χ4v) is 4.21. The minimum atomic E-state index is -0.159. The molecule has 0 bridgehead atoms. The maximum Gasteiger partial charge on any atom is 0.258 e. The molecule has 0 unspecified atom stereocenters. The Morgan fingerprint density at radius 3 is 2.61 bits per heavy atom. The maximum atomic E-state index is 12.8. The first kappa shape index (κ1) is 23.2. The van der Waals surface area contributed by atoms with E-state index in [4.69, 9.17) is 5.10 Å². The molecule has 3 aromatic carbocycles. The fraction of sp³-hybridized carbons (Fsp3) is 0.172. The Morgan fingerprint density at radius 2 is 1.78 bits per heavy atom. The van der Waals surface area contributed by atoms with Crippen molar-refractivity contribution >= 4 is 22.6 Å². The number of H-pyrrole nitrogens is 1. The van der Waals surface area contributed by atoms with E-state index in [0.29, 0.717) is 48.4 Å². The lowest BCUT2D eigenvalue weighted by Gasteiger charge is -2.09. The number of nitrogens with zero attached hydrogens (tertiary/aromatic N) is 3. The summed E-state index contributed by atoms with van der Waals surface area (Å²) >= 11 is 0.